The molecule has 0 aliphatic carbocycles. The summed E-state index contributed by atoms with van der Waals surface area (Å²) < 4.78 is 5.11. The molecule has 1 unspecified atom stereocenters. The van der Waals surface area contributed by atoms with Crippen molar-refractivity contribution in [1.82, 2.24) is 4.90 Å². The van der Waals surface area contributed by atoms with E-state index in [2.05, 4.69) is 0 Å². The summed E-state index contributed by atoms with van der Waals surface area (Å²) in [7, 11) is 0. The van der Waals surface area contributed by atoms with E-state index in [0.717, 1.165) is 12.8 Å². The van der Waals surface area contributed by atoms with Crippen molar-refractivity contribution in [2.45, 2.75) is 19.3 Å². The van der Waals surface area contributed by atoms with Crippen LogP contribution in [0.25, 0.3) is 6.08 Å². The van der Waals surface area contributed by atoms with Gasteiger partial charge in [0.05, 0.1) is 6.26 Å². The molecule has 1 N–H and O–H groups in total. The quantitative estimate of drug-likeness (QED) is 0.843. The molecule has 0 bridgehead atoms. The number of carboxylic acid groups (broad SMARTS) is 1. The van der Waals surface area contributed by atoms with Crippen molar-refractivity contribution < 1.29 is 19.1 Å². The fourth-order valence-corrected chi connectivity index (χ4v) is 2.32. The van der Waals surface area contributed by atoms with Crippen LogP contribution >= 0.6 is 0 Å². The van der Waals surface area contributed by atoms with E-state index < -0.39 is 5.97 Å². The minimum Gasteiger partial charge on any atom is -0.481 e. The summed E-state index contributed by atoms with van der Waals surface area (Å²) in [5.74, 6) is -0.198. The van der Waals surface area contributed by atoms with Crippen molar-refractivity contribution >= 4 is 18.0 Å². The lowest BCUT2D eigenvalue weighted by Gasteiger charge is -2.31. The van der Waals surface area contributed by atoms with Gasteiger partial charge in [-0.25, -0.2) is 0 Å². The zero-order valence-corrected chi connectivity index (χ0v) is 10.6. The Morgan fingerprint density at radius 1 is 1.53 bits per heavy atom. The van der Waals surface area contributed by atoms with Gasteiger partial charge in [-0.3, -0.25) is 9.59 Å². The number of piperidine rings is 1. The van der Waals surface area contributed by atoms with E-state index in [9.17, 15) is 9.59 Å². The van der Waals surface area contributed by atoms with Crippen LogP contribution in [0.3, 0.4) is 0 Å². The normalized spacial score (nSPS) is 19.8. The van der Waals surface area contributed by atoms with Gasteiger partial charge in [0.1, 0.15) is 5.76 Å². The van der Waals surface area contributed by atoms with Crippen LogP contribution < -0.4 is 0 Å². The van der Waals surface area contributed by atoms with Gasteiger partial charge in [-0.1, -0.05) is 0 Å². The van der Waals surface area contributed by atoms with Gasteiger partial charge >= 0.3 is 5.97 Å². The Kier molecular flexibility index (Phi) is 4.39. The number of furan rings is 1. The second-order valence-electron chi connectivity index (χ2n) is 4.74. The number of aliphatic carboxylic acids is 1. The molecule has 0 aromatic carbocycles. The number of likely N-dealkylation sites (tertiary alicyclic amines) is 1. The van der Waals surface area contributed by atoms with Gasteiger partial charge in [-0.2, -0.15) is 0 Å². The maximum atomic E-state index is 12.0. The first kappa shape index (κ1) is 13.4. The zero-order chi connectivity index (χ0) is 13.7. The second-order valence-corrected chi connectivity index (χ2v) is 4.74. The van der Waals surface area contributed by atoms with Crippen LogP contribution in [-0.4, -0.2) is 35.0 Å². The number of carbonyl (C=O) groups is 2. The SMILES string of the molecule is O=C(O)CC1CCCN(C(=O)C=Cc2ccco2)C1. The minimum absolute atomic E-state index is 0.0622. The number of hydrogen-bond donors (Lipinski definition) is 1. The summed E-state index contributed by atoms with van der Waals surface area (Å²) in [6.45, 7) is 1.21. The topological polar surface area (TPSA) is 70.8 Å². The molecule has 0 radical (unpaired) electrons. The van der Waals surface area contributed by atoms with Crippen LogP contribution in [0.5, 0.6) is 0 Å². The molecule has 2 rings (SSSR count). The zero-order valence-electron chi connectivity index (χ0n) is 10.6. The average Bonchev–Trinajstić information content (AvgIpc) is 2.88. The maximum Gasteiger partial charge on any atom is 0.303 e. The van der Waals surface area contributed by atoms with E-state index >= 15 is 0 Å². The summed E-state index contributed by atoms with van der Waals surface area (Å²) in [6.07, 6.45) is 6.51. The number of amides is 1. The summed E-state index contributed by atoms with van der Waals surface area (Å²) in [5, 5.41) is 8.79. The Morgan fingerprint density at radius 3 is 3.05 bits per heavy atom. The van der Waals surface area contributed by atoms with Gasteiger partial charge in [0.15, 0.2) is 0 Å². The van der Waals surface area contributed by atoms with E-state index in [1.807, 2.05) is 0 Å². The summed E-state index contributed by atoms with van der Waals surface area (Å²) in [5.41, 5.74) is 0. The van der Waals surface area contributed by atoms with E-state index in [0.29, 0.717) is 18.8 Å². The Hall–Kier alpha value is -2.04. The van der Waals surface area contributed by atoms with Crippen molar-refractivity contribution in [2.24, 2.45) is 5.92 Å². The molecule has 5 heteroatoms. The van der Waals surface area contributed by atoms with Gasteiger partial charge in [0, 0.05) is 25.6 Å². The van der Waals surface area contributed by atoms with Crippen molar-refractivity contribution in [3.63, 3.8) is 0 Å². The van der Waals surface area contributed by atoms with Crippen LogP contribution in [0.4, 0.5) is 0 Å². The molecule has 1 saturated heterocycles. The highest BCUT2D eigenvalue weighted by molar-refractivity contribution is 5.91. The molecule has 102 valence electrons. The fraction of sp³-hybridized carbons (Fsp3) is 0.429. The summed E-state index contributed by atoms with van der Waals surface area (Å²) in [6, 6.07) is 3.53. The number of rotatable bonds is 4. The fourth-order valence-electron chi connectivity index (χ4n) is 2.32. The van der Waals surface area contributed by atoms with Crippen LogP contribution in [0.1, 0.15) is 25.0 Å². The number of nitrogens with zero attached hydrogens (tertiary/aromatic N) is 1. The molecule has 19 heavy (non-hydrogen) atoms. The summed E-state index contributed by atoms with van der Waals surface area (Å²) >= 11 is 0. The highest BCUT2D eigenvalue weighted by Gasteiger charge is 2.24. The van der Waals surface area contributed by atoms with Crippen LogP contribution in [-0.2, 0) is 9.59 Å². The predicted molar refractivity (Wildman–Crippen MR) is 69.3 cm³/mol. The molecular formula is C14H17NO4. The third-order valence-electron chi connectivity index (χ3n) is 3.23. The Labute approximate surface area is 111 Å². The van der Waals surface area contributed by atoms with Gasteiger partial charge < -0.3 is 14.4 Å². The third kappa shape index (κ3) is 3.98. The lowest BCUT2D eigenvalue weighted by molar-refractivity contribution is -0.139. The Morgan fingerprint density at radius 2 is 2.37 bits per heavy atom. The van der Waals surface area contributed by atoms with Crippen molar-refractivity contribution in [3.05, 3.63) is 30.2 Å². The number of carbonyl (C=O) groups excluding carboxylic acids is 1. The van der Waals surface area contributed by atoms with E-state index in [1.165, 1.54) is 6.08 Å². The maximum absolute atomic E-state index is 12.0. The second kappa shape index (κ2) is 6.22. The van der Waals surface area contributed by atoms with Gasteiger partial charge in [-0.15, -0.1) is 0 Å². The molecule has 1 atom stereocenters. The molecule has 2 heterocycles. The molecule has 1 amide bonds. The van der Waals surface area contributed by atoms with Crippen molar-refractivity contribution in [3.8, 4) is 0 Å². The summed E-state index contributed by atoms with van der Waals surface area (Å²) in [4.78, 5) is 24.4. The molecule has 1 aliphatic rings. The van der Waals surface area contributed by atoms with Crippen LogP contribution in [0, 0.1) is 5.92 Å². The standard InChI is InChI=1S/C14H17NO4/c16-13(6-5-12-4-2-8-19-12)15-7-1-3-11(10-15)9-14(17)18/h2,4-6,8,11H,1,3,7,9-10H2,(H,17,18). The Bertz CT molecular complexity index is 464. The lowest BCUT2D eigenvalue weighted by atomic mass is 9.95. The highest BCUT2D eigenvalue weighted by Crippen LogP contribution is 2.20. The first-order valence-corrected chi connectivity index (χ1v) is 6.37. The molecule has 5 nitrogen and oxygen atoms in total. The molecule has 0 spiro atoms. The number of carboxylic acids is 1. The molecule has 1 fully saturated rings. The predicted octanol–water partition coefficient (Wildman–Crippen LogP) is 2.01. The van der Waals surface area contributed by atoms with E-state index in [4.69, 9.17) is 9.52 Å². The van der Waals surface area contributed by atoms with Gasteiger partial charge in [0.25, 0.3) is 0 Å². The minimum atomic E-state index is -0.801. The first-order chi connectivity index (χ1) is 9.15. The van der Waals surface area contributed by atoms with Crippen LogP contribution in [0.2, 0.25) is 0 Å². The molecular weight excluding hydrogens is 246 g/mol. The first-order valence-electron chi connectivity index (χ1n) is 6.37. The van der Waals surface area contributed by atoms with Gasteiger partial charge in [0.2, 0.25) is 5.91 Å². The van der Waals surface area contributed by atoms with Crippen molar-refractivity contribution in [2.75, 3.05) is 13.1 Å². The van der Waals surface area contributed by atoms with Crippen molar-refractivity contribution in [1.29, 1.82) is 0 Å². The molecule has 1 aromatic rings. The number of hydrogen-bond acceptors (Lipinski definition) is 3. The lowest BCUT2D eigenvalue weighted by Crippen LogP contribution is -2.39. The van der Waals surface area contributed by atoms with Crippen LogP contribution in [0.15, 0.2) is 28.9 Å². The monoisotopic (exact) mass is 263 g/mol. The molecule has 1 aromatic heterocycles. The molecule has 1 aliphatic heterocycles. The Balaban J connectivity index is 1.90. The average molecular weight is 263 g/mol. The molecule has 0 saturated carbocycles. The largest absolute Gasteiger partial charge is 0.481 e. The third-order valence-corrected chi connectivity index (χ3v) is 3.23. The highest BCUT2D eigenvalue weighted by atomic mass is 16.4. The van der Waals surface area contributed by atoms with Gasteiger partial charge in [-0.05, 0) is 37.0 Å². The van der Waals surface area contributed by atoms with E-state index in [-0.39, 0.29) is 18.2 Å². The smallest absolute Gasteiger partial charge is 0.303 e. The van der Waals surface area contributed by atoms with E-state index in [1.54, 1.807) is 29.4 Å².